The van der Waals surface area contributed by atoms with E-state index in [0.29, 0.717) is 36.0 Å². The predicted octanol–water partition coefficient (Wildman–Crippen LogP) is 4.85. The number of halogens is 3. The average Bonchev–Trinajstić information content (AvgIpc) is 2.50. The molecule has 1 aliphatic carbocycles. The van der Waals surface area contributed by atoms with E-state index in [1.165, 1.54) is 6.07 Å². The number of rotatable bonds is 2. The maximum atomic E-state index is 14.2. The van der Waals surface area contributed by atoms with Crippen LogP contribution in [0, 0.1) is 17.5 Å². The summed E-state index contributed by atoms with van der Waals surface area (Å²) in [5.74, 6) is -1.82. The quantitative estimate of drug-likeness (QED) is 0.741. The summed E-state index contributed by atoms with van der Waals surface area (Å²) in [6, 6.07) is 8.14. The maximum absolute atomic E-state index is 14.2. The lowest BCUT2D eigenvalue weighted by molar-refractivity contribution is 0.497. The average molecular weight is 288 g/mol. The minimum absolute atomic E-state index is 0.240. The molecule has 2 aromatic rings. The Bertz CT molecular complexity index is 729. The van der Waals surface area contributed by atoms with Gasteiger partial charge in [-0.1, -0.05) is 37.3 Å². The molecule has 0 spiro atoms. The van der Waals surface area contributed by atoms with Crippen molar-refractivity contribution >= 4 is 5.57 Å². The third kappa shape index (κ3) is 2.37. The Morgan fingerprint density at radius 1 is 1.00 bits per heavy atom. The number of aryl methyl sites for hydroxylation is 1. The molecule has 0 aromatic heterocycles. The van der Waals surface area contributed by atoms with Gasteiger partial charge in [-0.3, -0.25) is 0 Å². The van der Waals surface area contributed by atoms with Crippen LogP contribution in [0.15, 0.2) is 36.4 Å². The van der Waals surface area contributed by atoms with Gasteiger partial charge in [0.15, 0.2) is 11.6 Å². The highest BCUT2D eigenvalue weighted by atomic mass is 19.2. The molecule has 0 heterocycles. The Morgan fingerprint density at radius 2 is 1.81 bits per heavy atom. The number of hydrogen-bond acceptors (Lipinski definition) is 0. The second kappa shape index (κ2) is 5.40. The number of hydrogen-bond donors (Lipinski definition) is 0. The molecular weight excluding hydrogens is 273 g/mol. The minimum atomic E-state index is -0.805. The monoisotopic (exact) mass is 288 g/mol. The molecule has 0 fully saturated rings. The van der Waals surface area contributed by atoms with Crippen molar-refractivity contribution in [3.63, 3.8) is 0 Å². The Hall–Kier alpha value is -2.03. The van der Waals surface area contributed by atoms with Gasteiger partial charge in [0, 0.05) is 5.56 Å². The van der Waals surface area contributed by atoms with Gasteiger partial charge in [0.05, 0.1) is 0 Å². The normalized spacial score (nSPS) is 13.8. The van der Waals surface area contributed by atoms with E-state index < -0.39 is 11.6 Å². The highest BCUT2D eigenvalue weighted by molar-refractivity contribution is 5.71. The van der Waals surface area contributed by atoms with Crippen LogP contribution in [0.3, 0.4) is 0 Å². The van der Waals surface area contributed by atoms with E-state index in [1.807, 2.05) is 6.07 Å². The van der Waals surface area contributed by atoms with E-state index in [-0.39, 0.29) is 11.4 Å². The van der Waals surface area contributed by atoms with Crippen LogP contribution < -0.4 is 0 Å². The molecule has 1 aliphatic rings. The molecular formula is C18H15F3. The van der Waals surface area contributed by atoms with E-state index in [2.05, 4.69) is 0 Å². The minimum Gasteiger partial charge on any atom is -0.207 e. The molecule has 0 N–H and O–H groups in total. The van der Waals surface area contributed by atoms with E-state index in [4.69, 9.17) is 0 Å². The zero-order valence-corrected chi connectivity index (χ0v) is 11.7. The zero-order chi connectivity index (χ0) is 15.0. The zero-order valence-electron chi connectivity index (χ0n) is 11.7. The van der Waals surface area contributed by atoms with Crippen molar-refractivity contribution in [2.45, 2.75) is 26.2 Å². The summed E-state index contributed by atoms with van der Waals surface area (Å²) < 4.78 is 41.8. The number of fused-ring (bicyclic) bond motifs is 1. The standard InChI is InChI=1S/C18H15F3/c1-2-11-6-9-15(18(21)17(11)20)13-7-8-14-12(10-13)4-3-5-16(14)19/h3-7,9H,2,8,10H2,1H3. The van der Waals surface area contributed by atoms with Gasteiger partial charge in [0.2, 0.25) is 0 Å². The molecule has 0 unspecified atom stereocenters. The fourth-order valence-corrected chi connectivity index (χ4v) is 2.82. The van der Waals surface area contributed by atoms with Gasteiger partial charge in [-0.05, 0) is 47.6 Å². The molecule has 0 saturated heterocycles. The van der Waals surface area contributed by atoms with Crippen LogP contribution in [0.2, 0.25) is 0 Å². The van der Waals surface area contributed by atoms with Crippen LogP contribution in [0.25, 0.3) is 5.57 Å². The highest BCUT2D eigenvalue weighted by Gasteiger charge is 2.20. The first-order valence-corrected chi connectivity index (χ1v) is 7.04. The molecule has 0 bridgehead atoms. The fourth-order valence-electron chi connectivity index (χ4n) is 2.82. The van der Waals surface area contributed by atoms with Crippen molar-refractivity contribution in [3.05, 3.63) is 76.1 Å². The van der Waals surface area contributed by atoms with Gasteiger partial charge in [-0.2, -0.15) is 0 Å². The molecule has 0 amide bonds. The van der Waals surface area contributed by atoms with Gasteiger partial charge in [-0.25, -0.2) is 13.2 Å². The molecule has 0 saturated carbocycles. The highest BCUT2D eigenvalue weighted by Crippen LogP contribution is 2.31. The van der Waals surface area contributed by atoms with Gasteiger partial charge in [0.25, 0.3) is 0 Å². The van der Waals surface area contributed by atoms with E-state index >= 15 is 0 Å². The summed E-state index contributed by atoms with van der Waals surface area (Å²) in [6.07, 6.45) is 3.08. The largest absolute Gasteiger partial charge is 0.207 e. The van der Waals surface area contributed by atoms with Crippen molar-refractivity contribution in [1.82, 2.24) is 0 Å². The molecule has 108 valence electrons. The van der Waals surface area contributed by atoms with Crippen molar-refractivity contribution in [2.75, 3.05) is 0 Å². The first-order valence-electron chi connectivity index (χ1n) is 7.04. The van der Waals surface area contributed by atoms with E-state index in [9.17, 15) is 13.2 Å². The van der Waals surface area contributed by atoms with Gasteiger partial charge >= 0.3 is 0 Å². The lowest BCUT2D eigenvalue weighted by Crippen LogP contribution is -2.07. The Morgan fingerprint density at radius 3 is 2.57 bits per heavy atom. The summed E-state index contributed by atoms with van der Waals surface area (Å²) in [6.45, 7) is 1.79. The Balaban J connectivity index is 2.01. The van der Waals surface area contributed by atoms with Crippen LogP contribution in [-0.4, -0.2) is 0 Å². The third-order valence-electron chi connectivity index (χ3n) is 4.04. The smallest absolute Gasteiger partial charge is 0.166 e. The summed E-state index contributed by atoms with van der Waals surface area (Å²) in [5.41, 5.74) is 2.85. The Labute approximate surface area is 121 Å². The summed E-state index contributed by atoms with van der Waals surface area (Å²) in [4.78, 5) is 0. The molecule has 0 aliphatic heterocycles. The lowest BCUT2D eigenvalue weighted by atomic mass is 9.87. The van der Waals surface area contributed by atoms with Crippen LogP contribution in [0.4, 0.5) is 13.2 Å². The van der Waals surface area contributed by atoms with Crippen LogP contribution >= 0.6 is 0 Å². The Kier molecular flexibility index (Phi) is 3.58. The predicted molar refractivity (Wildman–Crippen MR) is 77.5 cm³/mol. The van der Waals surface area contributed by atoms with Crippen LogP contribution in [0.1, 0.15) is 29.2 Å². The molecule has 21 heavy (non-hydrogen) atoms. The second-order valence-corrected chi connectivity index (χ2v) is 5.24. The van der Waals surface area contributed by atoms with Gasteiger partial charge in [-0.15, -0.1) is 0 Å². The topological polar surface area (TPSA) is 0 Å². The molecule has 2 aromatic carbocycles. The van der Waals surface area contributed by atoms with Crippen molar-refractivity contribution in [3.8, 4) is 0 Å². The molecule has 0 nitrogen and oxygen atoms in total. The lowest BCUT2D eigenvalue weighted by Gasteiger charge is -2.19. The van der Waals surface area contributed by atoms with Crippen LogP contribution in [-0.2, 0) is 19.3 Å². The summed E-state index contributed by atoms with van der Waals surface area (Å²) in [5, 5.41) is 0. The first-order chi connectivity index (χ1) is 10.1. The first kappa shape index (κ1) is 13.9. The summed E-state index contributed by atoms with van der Waals surface area (Å²) >= 11 is 0. The van der Waals surface area contributed by atoms with Crippen molar-refractivity contribution < 1.29 is 13.2 Å². The van der Waals surface area contributed by atoms with Gasteiger partial charge in [0.1, 0.15) is 5.82 Å². The molecule has 0 radical (unpaired) electrons. The summed E-state index contributed by atoms with van der Waals surface area (Å²) in [7, 11) is 0. The van der Waals surface area contributed by atoms with Crippen molar-refractivity contribution in [2.24, 2.45) is 0 Å². The van der Waals surface area contributed by atoms with Crippen molar-refractivity contribution in [1.29, 1.82) is 0 Å². The molecule has 0 atom stereocenters. The number of benzene rings is 2. The SMILES string of the molecule is CCc1ccc(C2=CCc3c(F)cccc3C2)c(F)c1F. The maximum Gasteiger partial charge on any atom is 0.166 e. The number of allylic oxidation sites excluding steroid dienone is 2. The van der Waals surface area contributed by atoms with E-state index in [1.54, 1.807) is 31.2 Å². The second-order valence-electron chi connectivity index (χ2n) is 5.24. The van der Waals surface area contributed by atoms with Crippen LogP contribution in [0.5, 0.6) is 0 Å². The molecule has 3 rings (SSSR count). The van der Waals surface area contributed by atoms with E-state index in [0.717, 1.165) is 5.56 Å². The molecule has 3 heteroatoms. The third-order valence-corrected chi connectivity index (χ3v) is 4.04. The fraction of sp³-hybridized carbons (Fsp3) is 0.222. The van der Waals surface area contributed by atoms with Gasteiger partial charge < -0.3 is 0 Å².